The first-order chi connectivity index (χ1) is 12.2. The largest absolute Gasteiger partial charge is 0.511 e. The van der Waals surface area contributed by atoms with Crippen LogP contribution in [0.2, 0.25) is 0 Å². The highest BCUT2D eigenvalue weighted by molar-refractivity contribution is 6.26. The fraction of sp³-hybridized carbons (Fsp3) is 0.455. The van der Waals surface area contributed by atoms with Gasteiger partial charge in [-0.2, -0.15) is 0 Å². The molecule has 0 spiro atoms. The molecule has 0 aromatic heterocycles. The third-order valence-electron chi connectivity index (χ3n) is 6.06. The van der Waals surface area contributed by atoms with Crippen molar-refractivity contribution in [2.45, 2.75) is 52.2 Å². The Kier molecular flexibility index (Phi) is 3.74. The minimum atomic E-state index is -0.741. The molecule has 1 fully saturated rings. The second-order valence-electron chi connectivity index (χ2n) is 8.00. The predicted octanol–water partition coefficient (Wildman–Crippen LogP) is 3.77. The normalized spacial score (nSPS) is 31.8. The molecular formula is C22H24O4. The molecule has 1 aromatic carbocycles. The van der Waals surface area contributed by atoms with Gasteiger partial charge in [0.25, 0.3) is 0 Å². The number of carbonyl (C=O) groups excluding carboxylic acids is 2. The van der Waals surface area contributed by atoms with Crippen LogP contribution < -0.4 is 0 Å². The molecule has 0 saturated carbocycles. The molecular weight excluding hydrogens is 328 g/mol. The second-order valence-corrected chi connectivity index (χ2v) is 8.00. The van der Waals surface area contributed by atoms with Gasteiger partial charge in [0.15, 0.2) is 5.78 Å². The van der Waals surface area contributed by atoms with Gasteiger partial charge in [-0.05, 0) is 50.8 Å². The number of aliphatic hydroxyl groups excluding tert-OH is 1. The standard InChI is InChI=1S/C22H24O4/c1-11-9-12(2)16(13(3)10-11)18-20(24)17-15-6-8-22(26-15,7-5-14(4)23)19(17)21(18)25/h6,8-10,15,17,19,25H,5,7H2,1-4H3/t15-,17-,19+,22+/m0/s1. The van der Waals surface area contributed by atoms with Gasteiger partial charge in [-0.3, -0.25) is 4.79 Å². The van der Waals surface area contributed by atoms with Gasteiger partial charge >= 0.3 is 0 Å². The summed E-state index contributed by atoms with van der Waals surface area (Å²) in [5.41, 5.74) is 3.67. The molecule has 26 heavy (non-hydrogen) atoms. The van der Waals surface area contributed by atoms with Crippen molar-refractivity contribution in [2.24, 2.45) is 11.8 Å². The van der Waals surface area contributed by atoms with Crippen molar-refractivity contribution >= 4 is 17.1 Å². The average Bonchev–Trinajstić information content (AvgIpc) is 3.18. The molecule has 1 saturated heterocycles. The fourth-order valence-electron chi connectivity index (χ4n) is 5.10. The van der Waals surface area contributed by atoms with Crippen LogP contribution in [0, 0.1) is 32.6 Å². The molecule has 4 nitrogen and oxygen atoms in total. The number of ketones is 2. The van der Waals surface area contributed by atoms with Gasteiger partial charge in [0, 0.05) is 6.42 Å². The van der Waals surface area contributed by atoms with E-state index in [0.717, 1.165) is 22.3 Å². The Morgan fingerprint density at radius 2 is 1.88 bits per heavy atom. The summed E-state index contributed by atoms with van der Waals surface area (Å²) in [5, 5.41) is 11.1. The maximum atomic E-state index is 13.3. The van der Waals surface area contributed by atoms with E-state index in [1.807, 2.05) is 45.1 Å². The van der Waals surface area contributed by atoms with E-state index in [2.05, 4.69) is 0 Å². The van der Waals surface area contributed by atoms with Crippen molar-refractivity contribution in [1.29, 1.82) is 0 Å². The van der Waals surface area contributed by atoms with Crippen LogP contribution in [-0.4, -0.2) is 28.4 Å². The van der Waals surface area contributed by atoms with Crippen LogP contribution in [0.1, 0.15) is 42.0 Å². The summed E-state index contributed by atoms with van der Waals surface area (Å²) in [6.45, 7) is 7.54. The summed E-state index contributed by atoms with van der Waals surface area (Å²) in [6, 6.07) is 4.08. The molecule has 0 amide bonds. The molecule has 4 atom stereocenters. The Morgan fingerprint density at radius 3 is 2.50 bits per heavy atom. The van der Waals surface area contributed by atoms with Gasteiger partial charge in [0.05, 0.1) is 29.1 Å². The number of rotatable bonds is 4. The Balaban J connectivity index is 1.82. The molecule has 4 rings (SSSR count). The Hall–Kier alpha value is -2.20. The van der Waals surface area contributed by atoms with E-state index in [9.17, 15) is 14.7 Å². The summed E-state index contributed by atoms with van der Waals surface area (Å²) in [7, 11) is 0. The molecule has 2 heterocycles. The van der Waals surface area contributed by atoms with Crippen LogP contribution in [0.15, 0.2) is 30.0 Å². The Bertz CT molecular complexity index is 868. The number of fused-ring (bicyclic) bond motifs is 5. The highest BCUT2D eigenvalue weighted by Gasteiger charge is 2.64. The summed E-state index contributed by atoms with van der Waals surface area (Å²) in [4.78, 5) is 24.8. The summed E-state index contributed by atoms with van der Waals surface area (Å²) in [5.74, 6) is -0.602. The highest BCUT2D eigenvalue weighted by Crippen LogP contribution is 2.58. The van der Waals surface area contributed by atoms with Crippen LogP contribution in [0.4, 0.5) is 0 Å². The van der Waals surface area contributed by atoms with E-state index in [0.29, 0.717) is 18.4 Å². The van der Waals surface area contributed by atoms with E-state index >= 15 is 0 Å². The predicted molar refractivity (Wildman–Crippen MR) is 98.8 cm³/mol. The fourth-order valence-corrected chi connectivity index (χ4v) is 5.10. The minimum absolute atomic E-state index is 0.0402. The molecule has 0 unspecified atom stereocenters. The van der Waals surface area contributed by atoms with Crippen molar-refractivity contribution in [3.8, 4) is 0 Å². The van der Waals surface area contributed by atoms with Gasteiger partial charge in [0.1, 0.15) is 11.5 Å². The van der Waals surface area contributed by atoms with E-state index in [1.54, 1.807) is 6.92 Å². The van der Waals surface area contributed by atoms with Crippen molar-refractivity contribution < 1.29 is 19.4 Å². The third-order valence-corrected chi connectivity index (χ3v) is 6.06. The monoisotopic (exact) mass is 352 g/mol. The first-order valence-electron chi connectivity index (χ1n) is 9.17. The van der Waals surface area contributed by atoms with Crippen molar-refractivity contribution in [3.63, 3.8) is 0 Å². The Morgan fingerprint density at radius 1 is 1.23 bits per heavy atom. The highest BCUT2D eigenvalue weighted by atomic mass is 16.5. The molecule has 3 aliphatic rings. The molecule has 1 aromatic rings. The molecule has 0 radical (unpaired) electrons. The van der Waals surface area contributed by atoms with Crippen molar-refractivity contribution in [1.82, 2.24) is 0 Å². The lowest BCUT2D eigenvalue weighted by molar-refractivity contribution is -0.119. The van der Waals surface area contributed by atoms with E-state index < -0.39 is 5.60 Å². The SMILES string of the molecule is CC(=O)CC[C@]12C=C[C@H](O1)[C@@H]1C(=O)C(c3c(C)cc(C)cc3C)=C(O)[C@@H]12. The lowest BCUT2D eigenvalue weighted by Gasteiger charge is -2.29. The number of aryl methyl sites for hydroxylation is 3. The smallest absolute Gasteiger partial charge is 0.173 e. The zero-order valence-electron chi connectivity index (χ0n) is 15.6. The lowest BCUT2D eigenvalue weighted by Crippen LogP contribution is -2.36. The minimum Gasteiger partial charge on any atom is -0.511 e. The Labute approximate surface area is 153 Å². The summed E-state index contributed by atoms with van der Waals surface area (Å²) in [6.07, 6.45) is 4.42. The van der Waals surface area contributed by atoms with E-state index in [4.69, 9.17) is 4.74 Å². The second kappa shape index (κ2) is 5.65. The van der Waals surface area contributed by atoms with Crippen LogP contribution in [0.5, 0.6) is 0 Å². The summed E-state index contributed by atoms with van der Waals surface area (Å²) < 4.78 is 6.10. The number of carbonyl (C=O) groups is 2. The van der Waals surface area contributed by atoms with E-state index in [-0.39, 0.29) is 35.3 Å². The van der Waals surface area contributed by atoms with Crippen LogP contribution in [0.3, 0.4) is 0 Å². The molecule has 1 N–H and O–H groups in total. The van der Waals surface area contributed by atoms with Gasteiger partial charge < -0.3 is 14.6 Å². The number of aliphatic hydroxyl groups is 1. The number of hydrogen-bond acceptors (Lipinski definition) is 4. The summed E-state index contributed by atoms with van der Waals surface area (Å²) >= 11 is 0. The number of benzene rings is 1. The molecule has 2 bridgehead atoms. The number of Topliss-reactive ketones (excluding diaryl/α,β-unsaturated/α-hetero) is 2. The van der Waals surface area contributed by atoms with Gasteiger partial charge in [-0.25, -0.2) is 0 Å². The number of allylic oxidation sites excluding steroid dienone is 1. The first kappa shape index (κ1) is 17.2. The van der Waals surface area contributed by atoms with Crippen molar-refractivity contribution in [3.05, 3.63) is 52.3 Å². The maximum Gasteiger partial charge on any atom is 0.173 e. The first-order valence-corrected chi connectivity index (χ1v) is 9.17. The number of ether oxygens (including phenoxy) is 1. The van der Waals surface area contributed by atoms with Gasteiger partial charge in [0.2, 0.25) is 0 Å². The molecule has 136 valence electrons. The topological polar surface area (TPSA) is 63.6 Å². The van der Waals surface area contributed by atoms with Crippen molar-refractivity contribution in [2.75, 3.05) is 0 Å². The van der Waals surface area contributed by atoms with Gasteiger partial charge in [-0.15, -0.1) is 0 Å². The van der Waals surface area contributed by atoms with Crippen LogP contribution >= 0.6 is 0 Å². The molecule has 2 aliphatic heterocycles. The van der Waals surface area contributed by atoms with Crippen LogP contribution in [-0.2, 0) is 14.3 Å². The van der Waals surface area contributed by atoms with Gasteiger partial charge in [-0.1, -0.05) is 29.8 Å². The maximum absolute atomic E-state index is 13.3. The molecule has 1 aliphatic carbocycles. The molecule has 4 heteroatoms. The van der Waals surface area contributed by atoms with Crippen LogP contribution in [0.25, 0.3) is 5.57 Å². The number of hydrogen-bond donors (Lipinski definition) is 1. The average molecular weight is 352 g/mol. The zero-order chi connectivity index (χ0) is 18.8. The quantitative estimate of drug-likeness (QED) is 0.838. The zero-order valence-corrected chi connectivity index (χ0v) is 15.6. The third kappa shape index (κ3) is 2.25. The van der Waals surface area contributed by atoms with E-state index in [1.165, 1.54) is 0 Å². The lowest BCUT2D eigenvalue weighted by atomic mass is 9.74.